The van der Waals surface area contributed by atoms with Gasteiger partial charge in [-0.1, -0.05) is 0 Å². The van der Waals surface area contributed by atoms with E-state index in [4.69, 9.17) is 5.73 Å². The molecule has 1 heterocycles. The molecule has 0 aromatic carbocycles. The standard InChI is InChI=1S/C9H13N3O2/c1-12-6-7(5-11-12)3-8(4-10)9(13)14-2/h4-6H,3,10H2,1-2H3. The Morgan fingerprint density at radius 3 is 2.93 bits per heavy atom. The zero-order chi connectivity index (χ0) is 10.6. The molecule has 5 heteroatoms. The van der Waals surface area contributed by atoms with Gasteiger partial charge in [0, 0.05) is 25.9 Å². The van der Waals surface area contributed by atoms with Crippen LogP contribution in [0.3, 0.4) is 0 Å². The lowest BCUT2D eigenvalue weighted by atomic mass is 10.1. The maximum absolute atomic E-state index is 11.2. The molecule has 1 rings (SSSR count). The smallest absolute Gasteiger partial charge is 0.335 e. The number of aryl methyl sites for hydroxylation is 1. The minimum atomic E-state index is -0.406. The molecule has 0 aliphatic heterocycles. The third-order valence-corrected chi connectivity index (χ3v) is 1.80. The number of hydrogen-bond acceptors (Lipinski definition) is 4. The van der Waals surface area contributed by atoms with Crippen LogP contribution in [0.1, 0.15) is 5.56 Å². The van der Waals surface area contributed by atoms with Crippen LogP contribution in [0.4, 0.5) is 0 Å². The van der Waals surface area contributed by atoms with E-state index < -0.39 is 5.97 Å². The first kappa shape index (κ1) is 10.3. The summed E-state index contributed by atoms with van der Waals surface area (Å²) in [6, 6.07) is 0. The van der Waals surface area contributed by atoms with Gasteiger partial charge in [0.2, 0.25) is 0 Å². The first-order valence-corrected chi connectivity index (χ1v) is 4.14. The monoisotopic (exact) mass is 195 g/mol. The average molecular weight is 195 g/mol. The van der Waals surface area contributed by atoms with Crippen LogP contribution < -0.4 is 5.73 Å². The zero-order valence-electron chi connectivity index (χ0n) is 8.23. The molecule has 0 radical (unpaired) electrons. The molecule has 1 aromatic heterocycles. The summed E-state index contributed by atoms with van der Waals surface area (Å²) in [5.74, 6) is -0.406. The highest BCUT2D eigenvalue weighted by molar-refractivity contribution is 5.88. The van der Waals surface area contributed by atoms with Gasteiger partial charge in [0.25, 0.3) is 0 Å². The summed E-state index contributed by atoms with van der Waals surface area (Å²) >= 11 is 0. The summed E-state index contributed by atoms with van der Waals surface area (Å²) < 4.78 is 6.24. The van der Waals surface area contributed by atoms with E-state index in [2.05, 4.69) is 9.84 Å². The molecule has 0 atom stereocenters. The lowest BCUT2D eigenvalue weighted by Gasteiger charge is -2.01. The topological polar surface area (TPSA) is 70.1 Å². The molecule has 14 heavy (non-hydrogen) atoms. The normalized spacial score (nSPS) is 11.4. The summed E-state index contributed by atoms with van der Waals surface area (Å²) in [7, 11) is 3.14. The van der Waals surface area contributed by atoms with E-state index >= 15 is 0 Å². The van der Waals surface area contributed by atoms with E-state index in [1.54, 1.807) is 10.9 Å². The highest BCUT2D eigenvalue weighted by atomic mass is 16.5. The predicted molar refractivity (Wildman–Crippen MR) is 51.2 cm³/mol. The fourth-order valence-electron chi connectivity index (χ4n) is 1.11. The van der Waals surface area contributed by atoms with E-state index in [9.17, 15) is 4.79 Å². The molecule has 0 amide bonds. The molecule has 0 spiro atoms. The van der Waals surface area contributed by atoms with Crippen molar-refractivity contribution in [2.75, 3.05) is 7.11 Å². The number of carbonyl (C=O) groups is 1. The molecule has 5 nitrogen and oxygen atoms in total. The SMILES string of the molecule is COC(=O)C(=CN)Cc1cnn(C)c1. The second-order valence-corrected chi connectivity index (χ2v) is 2.88. The zero-order valence-corrected chi connectivity index (χ0v) is 8.23. The number of aromatic nitrogens is 2. The lowest BCUT2D eigenvalue weighted by Crippen LogP contribution is -2.09. The third kappa shape index (κ3) is 2.35. The first-order chi connectivity index (χ1) is 6.67. The molecule has 0 unspecified atom stereocenters. The van der Waals surface area contributed by atoms with Crippen LogP contribution in [-0.4, -0.2) is 22.9 Å². The van der Waals surface area contributed by atoms with E-state index in [0.717, 1.165) is 5.56 Å². The Labute approximate surface area is 82.2 Å². The summed E-state index contributed by atoms with van der Waals surface area (Å²) in [4.78, 5) is 11.2. The Bertz CT molecular complexity index is 355. The van der Waals surface area contributed by atoms with Gasteiger partial charge in [-0.2, -0.15) is 5.10 Å². The lowest BCUT2D eigenvalue weighted by molar-refractivity contribution is -0.136. The van der Waals surface area contributed by atoms with Crippen LogP contribution in [0.2, 0.25) is 0 Å². The predicted octanol–water partition coefficient (Wildman–Crippen LogP) is -0.0218. The van der Waals surface area contributed by atoms with Gasteiger partial charge in [-0.25, -0.2) is 4.79 Å². The van der Waals surface area contributed by atoms with Crippen molar-refractivity contribution < 1.29 is 9.53 Å². The Morgan fingerprint density at radius 2 is 2.50 bits per heavy atom. The van der Waals surface area contributed by atoms with Gasteiger partial charge < -0.3 is 10.5 Å². The fourth-order valence-corrected chi connectivity index (χ4v) is 1.11. The number of nitrogens with zero attached hydrogens (tertiary/aromatic N) is 2. The molecule has 0 fully saturated rings. The molecule has 2 N–H and O–H groups in total. The highest BCUT2D eigenvalue weighted by Crippen LogP contribution is 2.07. The largest absolute Gasteiger partial charge is 0.466 e. The van der Waals surface area contributed by atoms with Crippen molar-refractivity contribution in [2.24, 2.45) is 12.8 Å². The van der Waals surface area contributed by atoms with E-state index in [0.29, 0.717) is 12.0 Å². The van der Waals surface area contributed by atoms with Crippen molar-refractivity contribution in [2.45, 2.75) is 6.42 Å². The summed E-state index contributed by atoms with van der Waals surface area (Å²) in [5.41, 5.74) is 6.67. The molecule has 0 aliphatic rings. The van der Waals surface area contributed by atoms with Gasteiger partial charge in [0.1, 0.15) is 0 Å². The summed E-state index contributed by atoms with van der Waals surface area (Å²) in [6.45, 7) is 0. The molecule has 0 saturated heterocycles. The quantitative estimate of drug-likeness (QED) is 0.543. The molecule has 0 saturated carbocycles. The van der Waals surface area contributed by atoms with Crippen molar-refractivity contribution in [1.29, 1.82) is 0 Å². The van der Waals surface area contributed by atoms with Gasteiger partial charge in [0.15, 0.2) is 0 Å². The van der Waals surface area contributed by atoms with Crippen molar-refractivity contribution in [3.05, 3.63) is 29.7 Å². The molecule has 0 bridgehead atoms. The van der Waals surface area contributed by atoms with Crippen molar-refractivity contribution in [3.63, 3.8) is 0 Å². The van der Waals surface area contributed by atoms with Crippen molar-refractivity contribution in [3.8, 4) is 0 Å². The molecule has 76 valence electrons. The van der Waals surface area contributed by atoms with E-state index in [-0.39, 0.29) is 0 Å². The molecular weight excluding hydrogens is 182 g/mol. The fraction of sp³-hybridized carbons (Fsp3) is 0.333. The Balaban J connectivity index is 2.72. The van der Waals surface area contributed by atoms with Gasteiger partial charge in [-0.15, -0.1) is 0 Å². The van der Waals surface area contributed by atoms with E-state index in [1.807, 2.05) is 13.2 Å². The van der Waals surface area contributed by atoms with Crippen molar-refractivity contribution >= 4 is 5.97 Å². The van der Waals surface area contributed by atoms with Crippen molar-refractivity contribution in [1.82, 2.24) is 9.78 Å². The van der Waals surface area contributed by atoms with Crippen LogP contribution >= 0.6 is 0 Å². The second kappa shape index (κ2) is 4.45. The minimum Gasteiger partial charge on any atom is -0.466 e. The molecule has 0 aliphatic carbocycles. The number of nitrogens with two attached hydrogens (primary N) is 1. The number of carbonyl (C=O) groups excluding carboxylic acids is 1. The van der Waals surface area contributed by atoms with Crippen LogP contribution in [0, 0.1) is 0 Å². The number of methoxy groups -OCH3 is 1. The highest BCUT2D eigenvalue weighted by Gasteiger charge is 2.10. The first-order valence-electron chi connectivity index (χ1n) is 4.14. The second-order valence-electron chi connectivity index (χ2n) is 2.88. The van der Waals surface area contributed by atoms with Crippen LogP contribution in [-0.2, 0) is 23.0 Å². The number of hydrogen-bond donors (Lipinski definition) is 1. The van der Waals surface area contributed by atoms with Gasteiger partial charge in [-0.3, -0.25) is 4.68 Å². The average Bonchev–Trinajstić information content (AvgIpc) is 2.59. The van der Waals surface area contributed by atoms with Gasteiger partial charge >= 0.3 is 5.97 Å². The van der Waals surface area contributed by atoms with E-state index in [1.165, 1.54) is 13.3 Å². The Morgan fingerprint density at radius 1 is 1.79 bits per heavy atom. The minimum absolute atomic E-state index is 0.406. The molecular formula is C9H13N3O2. The summed E-state index contributed by atoms with van der Waals surface area (Å²) in [6.07, 6.45) is 5.22. The maximum atomic E-state index is 11.2. The van der Waals surface area contributed by atoms with Gasteiger partial charge in [0.05, 0.1) is 18.9 Å². The van der Waals surface area contributed by atoms with Crippen LogP contribution in [0.25, 0.3) is 0 Å². The van der Waals surface area contributed by atoms with Crippen LogP contribution in [0.15, 0.2) is 24.2 Å². The Kier molecular flexibility index (Phi) is 3.28. The number of rotatable bonds is 3. The molecule has 1 aromatic rings. The Hall–Kier alpha value is -1.78. The third-order valence-electron chi connectivity index (χ3n) is 1.80. The van der Waals surface area contributed by atoms with Gasteiger partial charge in [-0.05, 0) is 5.56 Å². The number of esters is 1. The maximum Gasteiger partial charge on any atom is 0.335 e. The number of ether oxygens (including phenoxy) is 1. The summed E-state index contributed by atoms with van der Waals surface area (Å²) in [5, 5.41) is 3.99. The van der Waals surface area contributed by atoms with Crippen LogP contribution in [0.5, 0.6) is 0 Å².